The molecule has 3 atom stereocenters. The van der Waals surface area contributed by atoms with Crippen molar-refractivity contribution in [3.05, 3.63) is 56.5 Å². The number of aryl methyl sites for hydroxylation is 1. The molecule has 0 aliphatic carbocycles. The summed E-state index contributed by atoms with van der Waals surface area (Å²) in [6, 6.07) is 1.39. The normalized spacial score (nSPS) is 19.8. The van der Waals surface area contributed by atoms with E-state index in [9.17, 15) is 49.2 Å². The number of carbonyl (C=O) groups excluding carboxylic acids is 2. The van der Waals surface area contributed by atoms with Crippen LogP contribution >= 0.6 is 23.1 Å². The maximum atomic E-state index is 13.7. The third-order valence-corrected chi connectivity index (χ3v) is 12.0. The van der Waals surface area contributed by atoms with E-state index in [4.69, 9.17) is 9.94 Å². The van der Waals surface area contributed by atoms with Crippen LogP contribution in [-0.2, 0) is 41.9 Å². The van der Waals surface area contributed by atoms with Crippen molar-refractivity contribution >= 4 is 74.6 Å². The smallest absolute Gasteiger partial charge is 0.352 e. The highest BCUT2D eigenvalue weighted by molar-refractivity contribution is 8.00. The number of anilines is 1. The largest absolute Gasteiger partial charge is 0.504 e. The molecule has 0 radical (unpaired) electrons. The number of β-lactam (4-membered cyclic amide) rings is 1. The summed E-state index contributed by atoms with van der Waals surface area (Å²) >= 11 is 2.33. The number of fused-ring (bicyclic) bond motifs is 2. The van der Waals surface area contributed by atoms with Crippen LogP contribution in [0.1, 0.15) is 37.4 Å². The van der Waals surface area contributed by atoms with Gasteiger partial charge in [-0.25, -0.2) is 14.6 Å². The number of phenols is 2. The van der Waals surface area contributed by atoms with Crippen LogP contribution in [0.3, 0.4) is 0 Å². The topological polar surface area (TPSA) is 270 Å². The number of carbonyl (C=O) groups is 5. The number of pyridine rings is 1. The van der Waals surface area contributed by atoms with Gasteiger partial charge >= 0.3 is 17.9 Å². The molecule has 19 nitrogen and oxygen atoms in total. The van der Waals surface area contributed by atoms with E-state index in [0.29, 0.717) is 45.9 Å². The number of thiazole rings is 1. The average molecular weight is 801 g/mol. The zero-order chi connectivity index (χ0) is 39.8. The Morgan fingerprint density at radius 3 is 2.42 bits per heavy atom. The number of aromatic nitrogens is 2. The maximum absolute atomic E-state index is 13.7. The van der Waals surface area contributed by atoms with Crippen LogP contribution in [-0.4, -0.2) is 130 Å². The van der Waals surface area contributed by atoms with E-state index in [1.165, 1.54) is 29.3 Å². The summed E-state index contributed by atoms with van der Waals surface area (Å²) in [5.41, 5.74) is 0.321. The summed E-state index contributed by atoms with van der Waals surface area (Å²) in [6.45, 7) is 4.15. The van der Waals surface area contributed by atoms with Crippen LogP contribution in [0.15, 0.2) is 44.9 Å². The second kappa shape index (κ2) is 15.6. The highest BCUT2D eigenvalue weighted by Crippen LogP contribution is 2.42. The Labute approximate surface area is 320 Å². The number of hydrogen-bond donors (Lipinski definition) is 7. The van der Waals surface area contributed by atoms with E-state index in [-0.39, 0.29) is 46.8 Å². The minimum absolute atomic E-state index is 0.0497. The van der Waals surface area contributed by atoms with Crippen molar-refractivity contribution in [2.24, 2.45) is 5.16 Å². The number of oxime groups is 1. The van der Waals surface area contributed by atoms with Crippen molar-refractivity contribution in [3.8, 4) is 11.5 Å². The molecular weight excluding hydrogens is 763 g/mol. The number of thioether (sulfide) groups is 1. The molecule has 0 spiro atoms. The number of aromatic hydroxyl groups is 2. The predicted molar refractivity (Wildman–Crippen MR) is 198 cm³/mol. The van der Waals surface area contributed by atoms with Gasteiger partial charge in [0.25, 0.3) is 11.8 Å². The van der Waals surface area contributed by atoms with Gasteiger partial charge in [-0.1, -0.05) is 5.16 Å². The number of carboxylic acids is 3. The van der Waals surface area contributed by atoms with Crippen molar-refractivity contribution in [2.45, 2.75) is 56.8 Å². The first kappa shape index (κ1) is 39.0. The number of nitrogens with zero attached hydrogens (tertiary/aromatic N) is 5. The van der Waals surface area contributed by atoms with Crippen molar-refractivity contribution in [1.29, 1.82) is 0 Å². The fraction of sp³-hybridized carbons (Fsp3) is 0.412. The molecule has 2 aromatic heterocycles. The fourth-order valence-corrected chi connectivity index (χ4v) is 9.15. The average Bonchev–Trinajstić information content (AvgIpc) is 3.81. The lowest BCUT2D eigenvalue weighted by Crippen LogP contribution is -2.71. The molecule has 3 aliphatic rings. The highest BCUT2D eigenvalue weighted by Gasteiger charge is 2.55. The van der Waals surface area contributed by atoms with Gasteiger partial charge in [0, 0.05) is 55.4 Å². The van der Waals surface area contributed by atoms with Crippen LogP contribution in [0.4, 0.5) is 5.13 Å². The quantitative estimate of drug-likeness (QED) is 0.0373. The number of aliphatic carboxylic acids is 3. The van der Waals surface area contributed by atoms with Gasteiger partial charge in [0.15, 0.2) is 27.8 Å². The van der Waals surface area contributed by atoms with Crippen LogP contribution < -0.4 is 16.1 Å². The van der Waals surface area contributed by atoms with Crippen molar-refractivity contribution in [2.75, 3.05) is 37.8 Å². The zero-order valence-electron chi connectivity index (χ0n) is 29.6. The first-order valence-electron chi connectivity index (χ1n) is 17.1. The Morgan fingerprint density at radius 1 is 1.09 bits per heavy atom. The molecule has 2 saturated heterocycles. The molecule has 6 rings (SSSR count). The molecule has 292 valence electrons. The summed E-state index contributed by atoms with van der Waals surface area (Å²) in [7, 11) is 1.58. The van der Waals surface area contributed by atoms with Crippen molar-refractivity contribution in [3.63, 3.8) is 0 Å². The molecule has 0 unspecified atom stereocenters. The van der Waals surface area contributed by atoms with Gasteiger partial charge < -0.3 is 50.1 Å². The maximum Gasteiger partial charge on any atom is 0.352 e. The molecule has 3 aliphatic heterocycles. The number of rotatable bonds is 15. The second-order valence-electron chi connectivity index (χ2n) is 13.3. The Morgan fingerprint density at radius 2 is 1.80 bits per heavy atom. The number of carboxylic acid groups (broad SMARTS) is 3. The van der Waals surface area contributed by atoms with Gasteiger partial charge in [-0.2, -0.15) is 0 Å². The number of nitrogens with one attached hydrogen (secondary N) is 2. The van der Waals surface area contributed by atoms with Crippen LogP contribution in [0.5, 0.6) is 11.5 Å². The van der Waals surface area contributed by atoms with E-state index in [1.54, 1.807) is 13.2 Å². The molecule has 55 heavy (non-hydrogen) atoms. The highest BCUT2D eigenvalue weighted by atomic mass is 32.2. The third-order valence-electron chi connectivity index (χ3n) is 9.76. The third kappa shape index (κ3) is 7.67. The van der Waals surface area contributed by atoms with E-state index in [2.05, 4.69) is 20.8 Å². The number of quaternary nitrogens is 1. The SMILES string of the molecule is CCn1cc(C[N+]2(CC3=C(C(=O)O)N4C(=O)[C@@H](NC(=O)/C(=N\O[C@@H](CC(=O)O)C(=O)O)c5csc(NC)n5)[C@H]4SC3)CCCC2)c(=O)c2cc(O)c(O)cc21. The molecule has 0 saturated carbocycles. The number of hydrogen-bond acceptors (Lipinski definition) is 14. The molecular formula is C34H38N7O12S2+. The van der Waals surface area contributed by atoms with Crippen molar-refractivity contribution in [1.82, 2.24) is 19.8 Å². The number of benzene rings is 1. The number of amides is 2. The molecule has 1 aromatic carbocycles. The zero-order valence-corrected chi connectivity index (χ0v) is 31.2. The lowest BCUT2D eigenvalue weighted by atomic mass is 10.0. The van der Waals surface area contributed by atoms with Crippen LogP contribution in [0.2, 0.25) is 0 Å². The molecule has 21 heteroatoms. The molecule has 3 aromatic rings. The Balaban J connectivity index is 1.25. The van der Waals surface area contributed by atoms with Gasteiger partial charge in [0.05, 0.1) is 36.0 Å². The standard InChI is InChI=1S/C34H37N7O12S2/c1-3-39-11-16(28(46)18-8-21(42)22(43)9-20(18)39)12-41(6-4-5-7-41)13-17-14-54-31-26(30(48)40(31)27(17)33(51)52)37-29(47)25(19-15-55-34(35-2)36-19)38-53-23(32(49)50)10-24(44)45/h8-9,11,15,23,26,31H,3-7,10,12-14H2,1-2H3,(H6-,35,36,37,38,42,43,44,45,46,47,49,50,51,52)/p+1/t23-,26+,31+/m0/s1. The van der Waals surface area contributed by atoms with Crippen LogP contribution in [0, 0.1) is 0 Å². The molecule has 5 heterocycles. The van der Waals surface area contributed by atoms with E-state index in [1.807, 2.05) is 11.5 Å². The summed E-state index contributed by atoms with van der Waals surface area (Å²) in [5, 5.41) is 59.3. The molecule has 2 fully saturated rings. The van der Waals surface area contributed by atoms with Gasteiger partial charge in [0.1, 0.15) is 35.9 Å². The van der Waals surface area contributed by atoms with Crippen molar-refractivity contribution < 1.29 is 58.8 Å². The summed E-state index contributed by atoms with van der Waals surface area (Å²) < 4.78 is 2.17. The predicted octanol–water partition coefficient (Wildman–Crippen LogP) is 1.13. The number of phenolic OH excluding ortho intramolecular Hbond substituents is 2. The molecule has 2 amide bonds. The van der Waals surface area contributed by atoms with E-state index < -0.39 is 65.1 Å². The van der Waals surface area contributed by atoms with E-state index >= 15 is 0 Å². The molecule has 7 N–H and O–H groups in total. The Kier molecular flexibility index (Phi) is 11.1. The summed E-state index contributed by atoms with van der Waals surface area (Å²) in [4.78, 5) is 86.8. The lowest BCUT2D eigenvalue weighted by molar-refractivity contribution is -0.925. The van der Waals surface area contributed by atoms with Crippen LogP contribution in [0.25, 0.3) is 10.9 Å². The van der Waals surface area contributed by atoms with Gasteiger partial charge in [-0.15, -0.1) is 23.1 Å². The summed E-state index contributed by atoms with van der Waals surface area (Å²) in [5.74, 6) is -6.72. The molecule has 0 bridgehead atoms. The fourth-order valence-electron chi connectivity index (χ4n) is 7.15. The van der Waals surface area contributed by atoms with Gasteiger partial charge in [-0.05, 0) is 13.0 Å². The van der Waals surface area contributed by atoms with Gasteiger partial charge in [-0.3, -0.25) is 24.1 Å². The number of likely N-dealkylation sites (tertiary alicyclic amines) is 1. The monoisotopic (exact) mass is 800 g/mol. The Bertz CT molecular complexity index is 2210. The first-order chi connectivity index (χ1) is 26.2. The first-order valence-corrected chi connectivity index (χ1v) is 19.1. The summed E-state index contributed by atoms with van der Waals surface area (Å²) in [6.07, 6.45) is 0.503. The lowest BCUT2D eigenvalue weighted by Gasteiger charge is -2.50. The van der Waals surface area contributed by atoms with E-state index in [0.717, 1.165) is 29.1 Å². The van der Waals surface area contributed by atoms with Gasteiger partial charge in [0.2, 0.25) is 6.10 Å². The minimum Gasteiger partial charge on any atom is -0.504 e. The minimum atomic E-state index is -1.93. The second-order valence-corrected chi connectivity index (χ2v) is 15.3. The Hall–Kier alpha value is -5.67.